The molecule has 5 aromatic heterocycles. The Kier molecular flexibility index (Phi) is 3.83. The van der Waals surface area contributed by atoms with Gasteiger partial charge in [0.05, 0.1) is 18.4 Å². The zero-order chi connectivity index (χ0) is 20.0. The Bertz CT molecular complexity index is 1310. The van der Waals surface area contributed by atoms with Crippen LogP contribution in [0.3, 0.4) is 0 Å². The topological polar surface area (TPSA) is 78.7 Å². The van der Waals surface area contributed by atoms with Crippen molar-refractivity contribution in [3.8, 4) is 11.3 Å². The Morgan fingerprint density at radius 1 is 1.03 bits per heavy atom. The summed E-state index contributed by atoms with van der Waals surface area (Å²) in [6.07, 6.45) is 3.87. The summed E-state index contributed by atoms with van der Waals surface area (Å²) in [5.41, 5.74) is 3.95. The van der Waals surface area contributed by atoms with Crippen molar-refractivity contribution in [3.63, 3.8) is 0 Å². The summed E-state index contributed by atoms with van der Waals surface area (Å²) in [5.74, 6) is 0. The number of halogens is 3. The first kappa shape index (κ1) is 17.3. The molecule has 0 aromatic carbocycles. The molecule has 0 saturated heterocycles. The average molecular weight is 398 g/mol. The van der Waals surface area contributed by atoms with Gasteiger partial charge in [0.25, 0.3) is 0 Å². The van der Waals surface area contributed by atoms with Gasteiger partial charge in [0.2, 0.25) is 0 Å². The van der Waals surface area contributed by atoms with E-state index in [0.717, 1.165) is 15.9 Å². The Labute approximate surface area is 161 Å². The molecule has 29 heavy (non-hydrogen) atoms. The van der Waals surface area contributed by atoms with Crippen molar-refractivity contribution in [2.45, 2.75) is 19.3 Å². The third kappa shape index (κ3) is 3.42. The van der Waals surface area contributed by atoms with Gasteiger partial charge >= 0.3 is 6.18 Å². The SMILES string of the molecule is FC(F)(F)Cn1cc(-c2ccc3nnn(Cc4ccc5nccn5c4)c3n2)cn1. The molecule has 0 N–H and O–H groups in total. The first-order chi connectivity index (χ1) is 13.9. The van der Waals surface area contributed by atoms with E-state index in [-0.39, 0.29) is 0 Å². The number of nitrogens with zero attached hydrogens (tertiary/aromatic N) is 8. The second kappa shape index (κ2) is 6.40. The largest absolute Gasteiger partial charge is 0.408 e. The molecular formula is C18H13F3N8. The maximum atomic E-state index is 12.6. The second-order valence-corrected chi connectivity index (χ2v) is 6.56. The van der Waals surface area contributed by atoms with Crippen LogP contribution in [0.2, 0.25) is 0 Å². The number of hydrogen-bond donors (Lipinski definition) is 0. The van der Waals surface area contributed by atoms with Gasteiger partial charge in [-0.25, -0.2) is 14.6 Å². The molecule has 5 rings (SSSR count). The van der Waals surface area contributed by atoms with E-state index in [1.165, 1.54) is 12.4 Å². The van der Waals surface area contributed by atoms with Gasteiger partial charge in [0, 0.05) is 30.4 Å². The predicted molar refractivity (Wildman–Crippen MR) is 96.9 cm³/mol. The summed E-state index contributed by atoms with van der Waals surface area (Å²) < 4.78 is 42.1. The van der Waals surface area contributed by atoms with Crippen LogP contribution in [0.4, 0.5) is 13.2 Å². The second-order valence-electron chi connectivity index (χ2n) is 6.56. The minimum Gasteiger partial charge on any atom is -0.307 e. The van der Waals surface area contributed by atoms with Crippen molar-refractivity contribution in [2.24, 2.45) is 0 Å². The molecule has 146 valence electrons. The van der Waals surface area contributed by atoms with Crippen LogP contribution in [0.15, 0.2) is 55.2 Å². The average Bonchev–Trinajstić information content (AvgIpc) is 3.40. The quantitative estimate of drug-likeness (QED) is 0.465. The molecule has 0 saturated carbocycles. The highest BCUT2D eigenvalue weighted by molar-refractivity contribution is 5.74. The van der Waals surface area contributed by atoms with E-state index >= 15 is 0 Å². The van der Waals surface area contributed by atoms with Gasteiger partial charge in [-0.3, -0.25) is 4.68 Å². The third-order valence-electron chi connectivity index (χ3n) is 4.41. The highest BCUT2D eigenvalue weighted by atomic mass is 19.4. The molecule has 0 aliphatic carbocycles. The van der Waals surface area contributed by atoms with E-state index in [1.54, 1.807) is 23.0 Å². The number of hydrogen-bond acceptors (Lipinski definition) is 5. The standard InChI is InChI=1S/C18H13F3N8/c19-18(20,21)11-28-10-13(7-23-28)14-2-3-15-17(24-14)29(26-25-15)9-12-1-4-16-22-5-6-27(16)8-12/h1-8,10H,9,11H2. The fraction of sp³-hybridized carbons (Fsp3) is 0.167. The van der Waals surface area contributed by atoms with Crippen molar-refractivity contribution >= 4 is 16.8 Å². The number of alkyl halides is 3. The first-order valence-corrected chi connectivity index (χ1v) is 8.66. The van der Waals surface area contributed by atoms with Gasteiger partial charge < -0.3 is 4.40 Å². The summed E-state index contributed by atoms with van der Waals surface area (Å²) in [6, 6.07) is 7.28. The summed E-state index contributed by atoms with van der Waals surface area (Å²) in [6.45, 7) is -0.708. The van der Waals surface area contributed by atoms with Gasteiger partial charge in [-0.2, -0.15) is 18.3 Å². The number of rotatable bonds is 4. The molecule has 8 nitrogen and oxygen atoms in total. The van der Waals surface area contributed by atoms with Crippen LogP contribution in [0.5, 0.6) is 0 Å². The van der Waals surface area contributed by atoms with E-state index in [9.17, 15) is 13.2 Å². The fourth-order valence-corrected chi connectivity index (χ4v) is 3.12. The summed E-state index contributed by atoms with van der Waals surface area (Å²) >= 11 is 0. The normalized spacial score (nSPS) is 12.2. The first-order valence-electron chi connectivity index (χ1n) is 8.66. The molecule has 5 heterocycles. The van der Waals surface area contributed by atoms with Crippen LogP contribution in [-0.4, -0.2) is 45.3 Å². The minimum atomic E-state index is -4.33. The summed E-state index contributed by atoms with van der Waals surface area (Å²) in [7, 11) is 0. The van der Waals surface area contributed by atoms with Crippen molar-refractivity contribution in [1.29, 1.82) is 0 Å². The zero-order valence-corrected chi connectivity index (χ0v) is 14.8. The van der Waals surface area contributed by atoms with Crippen LogP contribution in [0, 0.1) is 0 Å². The number of fused-ring (bicyclic) bond motifs is 2. The van der Waals surface area contributed by atoms with Crippen LogP contribution < -0.4 is 0 Å². The summed E-state index contributed by atoms with van der Waals surface area (Å²) in [4.78, 5) is 8.76. The molecule has 0 amide bonds. The lowest BCUT2D eigenvalue weighted by Gasteiger charge is -2.05. The van der Waals surface area contributed by atoms with Crippen molar-refractivity contribution in [1.82, 2.24) is 39.1 Å². The lowest BCUT2D eigenvalue weighted by atomic mass is 10.2. The van der Waals surface area contributed by atoms with Crippen molar-refractivity contribution < 1.29 is 13.2 Å². The van der Waals surface area contributed by atoms with Crippen LogP contribution >= 0.6 is 0 Å². The van der Waals surface area contributed by atoms with Gasteiger partial charge in [-0.1, -0.05) is 11.3 Å². The fourth-order valence-electron chi connectivity index (χ4n) is 3.12. The smallest absolute Gasteiger partial charge is 0.307 e. The molecule has 0 fully saturated rings. The Balaban J connectivity index is 1.47. The van der Waals surface area contributed by atoms with Gasteiger partial charge in [-0.05, 0) is 23.8 Å². The summed E-state index contributed by atoms with van der Waals surface area (Å²) in [5, 5.41) is 12.0. The maximum absolute atomic E-state index is 12.6. The molecule has 0 radical (unpaired) electrons. The van der Waals surface area contributed by atoms with E-state index in [1.807, 2.05) is 28.9 Å². The molecule has 0 spiro atoms. The molecular weight excluding hydrogens is 385 g/mol. The van der Waals surface area contributed by atoms with Crippen molar-refractivity contribution in [3.05, 3.63) is 60.8 Å². The number of imidazole rings is 1. The zero-order valence-electron chi connectivity index (χ0n) is 14.8. The van der Waals surface area contributed by atoms with E-state index in [2.05, 4.69) is 25.4 Å². The Hall–Kier alpha value is -3.76. The molecule has 0 aliphatic rings. The monoisotopic (exact) mass is 398 g/mol. The van der Waals surface area contributed by atoms with Gasteiger partial charge in [-0.15, -0.1) is 5.10 Å². The number of pyridine rings is 2. The molecule has 0 atom stereocenters. The van der Waals surface area contributed by atoms with Crippen LogP contribution in [0.25, 0.3) is 28.1 Å². The van der Waals surface area contributed by atoms with Crippen LogP contribution in [-0.2, 0) is 13.1 Å². The highest BCUT2D eigenvalue weighted by Crippen LogP contribution is 2.22. The van der Waals surface area contributed by atoms with E-state index in [4.69, 9.17) is 0 Å². The maximum Gasteiger partial charge on any atom is 0.408 e. The van der Waals surface area contributed by atoms with Gasteiger partial charge in [0.15, 0.2) is 5.65 Å². The highest BCUT2D eigenvalue weighted by Gasteiger charge is 2.28. The van der Waals surface area contributed by atoms with E-state index in [0.29, 0.717) is 29.0 Å². The van der Waals surface area contributed by atoms with Crippen molar-refractivity contribution in [2.75, 3.05) is 0 Å². The lowest BCUT2D eigenvalue weighted by Crippen LogP contribution is -2.17. The Morgan fingerprint density at radius 3 is 2.79 bits per heavy atom. The minimum absolute atomic E-state index is 0.439. The van der Waals surface area contributed by atoms with Crippen LogP contribution in [0.1, 0.15) is 5.56 Å². The molecule has 0 unspecified atom stereocenters. The molecule has 0 bridgehead atoms. The molecule has 0 aliphatic heterocycles. The predicted octanol–water partition coefficient (Wildman–Crippen LogP) is 2.95. The lowest BCUT2D eigenvalue weighted by molar-refractivity contribution is -0.142. The Morgan fingerprint density at radius 2 is 1.93 bits per heavy atom. The number of aromatic nitrogens is 8. The van der Waals surface area contributed by atoms with Gasteiger partial charge in [0.1, 0.15) is 17.7 Å². The van der Waals surface area contributed by atoms with E-state index < -0.39 is 12.7 Å². The molecule has 5 aromatic rings. The molecule has 11 heteroatoms. The third-order valence-corrected chi connectivity index (χ3v) is 4.41.